The van der Waals surface area contributed by atoms with Gasteiger partial charge in [-0.3, -0.25) is 0 Å². The molecule has 5 aromatic carbocycles. The van der Waals surface area contributed by atoms with Crippen LogP contribution in [0.3, 0.4) is 0 Å². The molecule has 0 spiro atoms. The van der Waals surface area contributed by atoms with Gasteiger partial charge in [0.1, 0.15) is 29.9 Å². The fourth-order valence-corrected chi connectivity index (χ4v) is 6.45. The number of benzene rings is 5. The van der Waals surface area contributed by atoms with Crippen LogP contribution in [0.25, 0.3) is 10.8 Å². The molecule has 5 atom stereocenters. The molecule has 1 aliphatic rings. The molecule has 0 bridgehead atoms. The van der Waals surface area contributed by atoms with Crippen LogP contribution < -0.4 is 0 Å². The average Bonchev–Trinajstić information content (AvgIpc) is 3.10. The van der Waals surface area contributed by atoms with Crippen molar-refractivity contribution in [1.29, 1.82) is 0 Å². The summed E-state index contributed by atoms with van der Waals surface area (Å²) in [5.74, 6) is 0. The third-order valence-electron chi connectivity index (χ3n) is 8.04. The maximum Gasteiger partial charge on any atom is 0.132 e. The van der Waals surface area contributed by atoms with Crippen LogP contribution in [0.4, 0.5) is 0 Å². The molecule has 1 heterocycles. The van der Waals surface area contributed by atoms with Gasteiger partial charge in [0.2, 0.25) is 0 Å². The van der Waals surface area contributed by atoms with Crippen molar-refractivity contribution in [3.05, 3.63) is 156 Å². The van der Waals surface area contributed by atoms with Gasteiger partial charge < -0.3 is 23.7 Å². The fourth-order valence-electron chi connectivity index (χ4n) is 5.69. The molecule has 0 radical (unpaired) electrons. The third kappa shape index (κ3) is 8.61. The Labute approximate surface area is 270 Å². The highest BCUT2D eigenvalue weighted by molar-refractivity contribution is 7.99. The smallest absolute Gasteiger partial charge is 0.132 e. The lowest BCUT2D eigenvalue weighted by molar-refractivity contribution is -0.254. The number of ether oxygens (including phenoxy) is 5. The van der Waals surface area contributed by atoms with Crippen molar-refractivity contribution in [3.63, 3.8) is 0 Å². The maximum absolute atomic E-state index is 6.77. The van der Waals surface area contributed by atoms with E-state index in [1.165, 1.54) is 10.8 Å². The van der Waals surface area contributed by atoms with Crippen molar-refractivity contribution in [2.75, 3.05) is 12.9 Å². The molecule has 1 saturated heterocycles. The number of fused-ring (bicyclic) bond motifs is 1. The Morgan fingerprint density at radius 3 is 1.64 bits per heavy atom. The summed E-state index contributed by atoms with van der Waals surface area (Å²) in [7, 11) is 0. The Kier molecular flexibility index (Phi) is 11.3. The van der Waals surface area contributed by atoms with Crippen molar-refractivity contribution < 1.29 is 23.7 Å². The van der Waals surface area contributed by atoms with Crippen LogP contribution in [0.15, 0.2) is 133 Å². The monoisotopic (exact) mass is 620 g/mol. The molecular weight excluding hydrogens is 580 g/mol. The van der Waals surface area contributed by atoms with Crippen molar-refractivity contribution in [2.24, 2.45) is 0 Å². The largest absolute Gasteiger partial charge is 0.374 e. The summed E-state index contributed by atoms with van der Waals surface area (Å²) in [6, 6.07) is 45.5. The predicted molar refractivity (Wildman–Crippen MR) is 181 cm³/mol. The molecule has 1 aliphatic heterocycles. The second-order valence-corrected chi connectivity index (χ2v) is 12.2. The van der Waals surface area contributed by atoms with Crippen molar-refractivity contribution in [3.8, 4) is 0 Å². The van der Waals surface area contributed by atoms with Gasteiger partial charge in [-0.05, 0) is 45.3 Å². The first kappa shape index (κ1) is 31.5. The van der Waals surface area contributed by atoms with Crippen LogP contribution in [-0.2, 0) is 50.1 Å². The molecule has 5 aromatic rings. The highest BCUT2D eigenvalue weighted by Crippen LogP contribution is 2.35. The minimum atomic E-state index is -0.422. The molecule has 232 valence electrons. The van der Waals surface area contributed by atoms with E-state index in [1.54, 1.807) is 11.8 Å². The summed E-state index contributed by atoms with van der Waals surface area (Å²) in [5.41, 5.74) is 4.13. The van der Waals surface area contributed by atoms with Gasteiger partial charge in [-0.1, -0.05) is 127 Å². The van der Waals surface area contributed by atoms with Crippen LogP contribution in [0.2, 0.25) is 0 Å². The summed E-state index contributed by atoms with van der Waals surface area (Å²) in [5, 5.41) is 2.40. The van der Waals surface area contributed by atoms with E-state index in [1.807, 2.05) is 54.6 Å². The van der Waals surface area contributed by atoms with E-state index in [4.69, 9.17) is 23.7 Å². The lowest BCUT2D eigenvalue weighted by Crippen LogP contribution is -2.60. The van der Waals surface area contributed by atoms with Crippen LogP contribution in [-0.4, -0.2) is 42.7 Å². The maximum atomic E-state index is 6.77. The lowest BCUT2D eigenvalue weighted by atomic mass is 9.98. The van der Waals surface area contributed by atoms with E-state index >= 15 is 0 Å². The first-order chi connectivity index (χ1) is 22.3. The van der Waals surface area contributed by atoms with E-state index in [9.17, 15) is 0 Å². The topological polar surface area (TPSA) is 46.2 Å². The molecule has 1 fully saturated rings. The van der Waals surface area contributed by atoms with Gasteiger partial charge >= 0.3 is 0 Å². The van der Waals surface area contributed by atoms with E-state index in [0.717, 1.165) is 22.3 Å². The van der Waals surface area contributed by atoms with Crippen LogP contribution in [0.5, 0.6) is 0 Å². The first-order valence-corrected chi connectivity index (χ1v) is 16.8. The molecule has 0 aliphatic carbocycles. The average molecular weight is 621 g/mol. The van der Waals surface area contributed by atoms with Gasteiger partial charge in [0.15, 0.2) is 0 Å². The molecular formula is C39H40O5S. The molecule has 0 aromatic heterocycles. The van der Waals surface area contributed by atoms with Crippen molar-refractivity contribution in [1.82, 2.24) is 0 Å². The SMILES string of the molecule is CS[C@H]1O[C@H](COCc2ccccc2)[C@@H](OCc2ccccc2)[C@H](OCc2ccccc2)[C@@H]1OCc1ccc2ccccc2c1. The van der Waals surface area contributed by atoms with Crippen LogP contribution in [0.1, 0.15) is 22.3 Å². The van der Waals surface area contributed by atoms with Crippen molar-refractivity contribution >= 4 is 22.5 Å². The predicted octanol–water partition coefficient (Wildman–Crippen LogP) is 8.20. The molecule has 0 saturated carbocycles. The Bertz CT molecular complexity index is 1580. The van der Waals surface area contributed by atoms with Gasteiger partial charge in [0, 0.05) is 0 Å². The Morgan fingerprint density at radius 2 is 1.02 bits per heavy atom. The molecule has 0 N–H and O–H groups in total. The van der Waals surface area contributed by atoms with E-state index in [-0.39, 0.29) is 17.6 Å². The molecule has 5 nitrogen and oxygen atoms in total. The van der Waals surface area contributed by atoms with Gasteiger partial charge in [-0.2, -0.15) is 0 Å². The molecule has 45 heavy (non-hydrogen) atoms. The van der Waals surface area contributed by atoms with E-state index in [0.29, 0.717) is 33.0 Å². The summed E-state index contributed by atoms with van der Waals surface area (Å²) in [6.45, 7) is 2.16. The van der Waals surface area contributed by atoms with Crippen LogP contribution >= 0.6 is 11.8 Å². The Hall–Kier alpha value is -3.49. The number of hydrogen-bond acceptors (Lipinski definition) is 6. The third-order valence-corrected chi connectivity index (χ3v) is 8.89. The Morgan fingerprint density at radius 1 is 0.511 bits per heavy atom. The summed E-state index contributed by atoms with van der Waals surface area (Å²) >= 11 is 1.63. The quantitative estimate of drug-likeness (QED) is 0.125. The molecule has 6 rings (SSSR count). The summed E-state index contributed by atoms with van der Waals surface area (Å²) < 4.78 is 33.2. The molecule has 0 unspecified atom stereocenters. The molecule has 0 amide bonds. The van der Waals surface area contributed by atoms with Crippen LogP contribution in [0, 0.1) is 0 Å². The minimum absolute atomic E-state index is 0.270. The van der Waals surface area contributed by atoms with Gasteiger partial charge in [-0.15, -0.1) is 11.8 Å². The zero-order valence-corrected chi connectivity index (χ0v) is 26.4. The second kappa shape index (κ2) is 16.2. The highest BCUT2D eigenvalue weighted by atomic mass is 32.2. The van der Waals surface area contributed by atoms with E-state index < -0.39 is 12.2 Å². The highest BCUT2D eigenvalue weighted by Gasteiger charge is 2.48. The fraction of sp³-hybridized carbons (Fsp3) is 0.282. The van der Waals surface area contributed by atoms with E-state index in [2.05, 4.69) is 85.1 Å². The zero-order valence-electron chi connectivity index (χ0n) is 25.6. The zero-order chi connectivity index (χ0) is 30.7. The standard InChI is InChI=1S/C39H40O5S/c1-45-39-38(43-27-32-21-22-33-19-11-12-20-34(33)23-32)37(42-26-31-17-9-4-10-18-31)36(41-25-30-15-7-3-8-16-30)35(44-39)28-40-24-29-13-5-2-6-14-29/h2-23,35-39H,24-28H2,1H3/t35-,36-,37+,38+,39-/m1/s1. The summed E-state index contributed by atoms with van der Waals surface area (Å²) in [4.78, 5) is 0. The van der Waals surface area contributed by atoms with Gasteiger partial charge in [0.25, 0.3) is 0 Å². The molecule has 6 heteroatoms. The first-order valence-electron chi connectivity index (χ1n) is 15.5. The lowest BCUT2D eigenvalue weighted by Gasteiger charge is -2.45. The second-order valence-electron chi connectivity index (χ2n) is 11.3. The minimum Gasteiger partial charge on any atom is -0.374 e. The number of rotatable bonds is 14. The van der Waals surface area contributed by atoms with Gasteiger partial charge in [0.05, 0.1) is 33.0 Å². The number of hydrogen-bond donors (Lipinski definition) is 0. The number of thioether (sulfide) groups is 1. The van der Waals surface area contributed by atoms with Crippen molar-refractivity contribution in [2.45, 2.75) is 56.3 Å². The summed E-state index contributed by atoms with van der Waals surface area (Å²) in [6.07, 6.45) is 0.510. The normalized spacial score (nSPS) is 21.6. The van der Waals surface area contributed by atoms with Gasteiger partial charge in [-0.25, -0.2) is 0 Å². The Balaban J connectivity index is 1.25.